The molecule has 0 bridgehead atoms. The van der Waals surface area contributed by atoms with Gasteiger partial charge in [0.15, 0.2) is 0 Å². The Labute approximate surface area is 114 Å². The van der Waals surface area contributed by atoms with Crippen LogP contribution in [0.25, 0.3) is 11.6 Å². The van der Waals surface area contributed by atoms with Crippen LogP contribution in [0.2, 0.25) is 0 Å². The van der Waals surface area contributed by atoms with Crippen LogP contribution in [0.1, 0.15) is 27.8 Å². The van der Waals surface area contributed by atoms with Gasteiger partial charge in [0.25, 0.3) is 0 Å². The summed E-state index contributed by atoms with van der Waals surface area (Å²) >= 11 is 0. The number of aryl methyl sites for hydroxylation is 2. The average molecular weight is 247 g/mol. The Morgan fingerprint density at radius 3 is 2.58 bits per heavy atom. The van der Waals surface area contributed by atoms with Crippen LogP contribution in [-0.2, 0) is 0 Å². The number of hydrogen-bond acceptors (Lipinski definition) is 1. The van der Waals surface area contributed by atoms with Crippen LogP contribution in [0.4, 0.5) is 11.4 Å². The molecule has 0 fully saturated rings. The average Bonchev–Trinajstić information content (AvgIpc) is 2.39. The summed E-state index contributed by atoms with van der Waals surface area (Å²) in [5.41, 5.74) is 9.31. The van der Waals surface area contributed by atoms with Crippen molar-refractivity contribution >= 4 is 23.0 Å². The molecule has 0 spiro atoms. The molecule has 0 amide bonds. The number of rotatable bonds is 1. The summed E-state index contributed by atoms with van der Waals surface area (Å²) in [4.78, 5) is 0. The lowest BCUT2D eigenvalue weighted by Gasteiger charge is -2.26. The zero-order valence-corrected chi connectivity index (χ0v) is 11.4. The van der Waals surface area contributed by atoms with Gasteiger partial charge in [-0.05, 0) is 48.2 Å². The molecule has 0 aliphatic carbocycles. The van der Waals surface area contributed by atoms with Crippen molar-refractivity contribution < 1.29 is 0 Å². The molecular formula is C18H17N. The molecule has 0 aromatic heterocycles. The lowest BCUT2D eigenvalue weighted by Crippen LogP contribution is -2.08. The van der Waals surface area contributed by atoms with Crippen molar-refractivity contribution in [3.63, 3.8) is 0 Å². The third-order valence-corrected chi connectivity index (χ3v) is 3.74. The Balaban J connectivity index is 2.27. The van der Waals surface area contributed by atoms with Crippen molar-refractivity contribution in [1.82, 2.24) is 0 Å². The van der Waals surface area contributed by atoms with Crippen LogP contribution in [0.5, 0.6) is 0 Å². The van der Waals surface area contributed by atoms with E-state index < -0.39 is 0 Å². The van der Waals surface area contributed by atoms with Crippen LogP contribution in [-0.4, -0.2) is 0 Å². The summed E-state index contributed by atoms with van der Waals surface area (Å²) in [6.07, 6.45) is 1.92. The molecule has 3 rings (SSSR count). The highest BCUT2D eigenvalue weighted by atomic mass is 14.9. The highest BCUT2D eigenvalue weighted by Crippen LogP contribution is 2.42. The van der Waals surface area contributed by atoms with Gasteiger partial charge < -0.3 is 5.32 Å². The van der Waals surface area contributed by atoms with E-state index in [1.54, 1.807) is 0 Å². The first kappa shape index (κ1) is 11.8. The molecule has 1 aliphatic heterocycles. The molecule has 0 radical (unpaired) electrons. The number of hydrogen-bond donors (Lipinski definition) is 1. The fraction of sp³-hybridized carbons (Fsp3) is 0.111. The molecule has 0 saturated heterocycles. The van der Waals surface area contributed by atoms with Crippen molar-refractivity contribution in [3.8, 4) is 0 Å². The molecule has 2 aromatic rings. The van der Waals surface area contributed by atoms with Gasteiger partial charge in [-0.3, -0.25) is 0 Å². The van der Waals surface area contributed by atoms with Gasteiger partial charge in [0.05, 0.1) is 0 Å². The molecule has 2 aromatic carbocycles. The predicted molar refractivity (Wildman–Crippen MR) is 83.9 cm³/mol. The Bertz CT molecular complexity index is 708. The highest BCUT2D eigenvalue weighted by molar-refractivity contribution is 5.99. The van der Waals surface area contributed by atoms with Crippen LogP contribution < -0.4 is 5.32 Å². The molecule has 94 valence electrons. The fourth-order valence-electron chi connectivity index (χ4n) is 2.72. The summed E-state index contributed by atoms with van der Waals surface area (Å²) in [6, 6.07) is 10.7. The summed E-state index contributed by atoms with van der Waals surface area (Å²) < 4.78 is 0. The maximum Gasteiger partial charge on any atom is 0.0470 e. The van der Waals surface area contributed by atoms with Crippen LogP contribution >= 0.6 is 0 Å². The molecule has 1 nitrogen and oxygen atoms in total. The molecule has 1 N–H and O–H groups in total. The molecule has 0 unspecified atom stereocenters. The largest absolute Gasteiger partial charge is 0.354 e. The van der Waals surface area contributed by atoms with E-state index >= 15 is 0 Å². The molecule has 1 heterocycles. The second-order valence-corrected chi connectivity index (χ2v) is 5.08. The Kier molecular flexibility index (Phi) is 2.56. The number of nitrogens with one attached hydrogen (secondary N) is 1. The van der Waals surface area contributed by atoms with E-state index in [9.17, 15) is 0 Å². The number of fused-ring (bicyclic) bond motifs is 2. The Morgan fingerprint density at radius 2 is 1.84 bits per heavy atom. The van der Waals surface area contributed by atoms with Crippen molar-refractivity contribution in [2.45, 2.75) is 13.8 Å². The van der Waals surface area contributed by atoms with Crippen molar-refractivity contribution in [2.24, 2.45) is 0 Å². The molecular weight excluding hydrogens is 230 g/mol. The van der Waals surface area contributed by atoms with Gasteiger partial charge in [-0.25, -0.2) is 0 Å². The molecule has 1 aliphatic rings. The first-order chi connectivity index (χ1) is 9.11. The van der Waals surface area contributed by atoms with E-state index in [2.05, 4.69) is 62.7 Å². The fourth-order valence-corrected chi connectivity index (χ4v) is 2.72. The summed E-state index contributed by atoms with van der Waals surface area (Å²) in [5.74, 6) is 0. The van der Waals surface area contributed by atoms with Gasteiger partial charge >= 0.3 is 0 Å². The second-order valence-electron chi connectivity index (χ2n) is 5.08. The van der Waals surface area contributed by atoms with Gasteiger partial charge in [-0.1, -0.05) is 37.4 Å². The van der Waals surface area contributed by atoms with E-state index in [1.807, 2.05) is 6.08 Å². The quantitative estimate of drug-likeness (QED) is 0.633. The van der Waals surface area contributed by atoms with E-state index in [4.69, 9.17) is 0 Å². The van der Waals surface area contributed by atoms with Crippen LogP contribution in [0.15, 0.2) is 43.5 Å². The van der Waals surface area contributed by atoms with Crippen molar-refractivity contribution in [3.05, 3.63) is 71.3 Å². The third kappa shape index (κ3) is 1.70. The Morgan fingerprint density at radius 1 is 1.05 bits per heavy atom. The van der Waals surface area contributed by atoms with Gasteiger partial charge in [0, 0.05) is 22.5 Å². The van der Waals surface area contributed by atoms with Gasteiger partial charge in [0.1, 0.15) is 0 Å². The summed E-state index contributed by atoms with van der Waals surface area (Å²) in [6.45, 7) is 12.4. The first-order valence-electron chi connectivity index (χ1n) is 6.45. The summed E-state index contributed by atoms with van der Waals surface area (Å²) in [5, 5.41) is 3.51. The minimum Gasteiger partial charge on any atom is -0.354 e. The van der Waals surface area contributed by atoms with E-state index in [1.165, 1.54) is 27.8 Å². The third-order valence-electron chi connectivity index (χ3n) is 3.74. The first-order valence-corrected chi connectivity index (χ1v) is 6.45. The topological polar surface area (TPSA) is 12.0 Å². The number of benzene rings is 2. The zero-order chi connectivity index (χ0) is 13.6. The minimum atomic E-state index is 1.07. The minimum absolute atomic E-state index is 1.07. The van der Waals surface area contributed by atoms with Crippen molar-refractivity contribution in [1.29, 1.82) is 0 Å². The normalized spacial score (nSPS) is 12.4. The summed E-state index contributed by atoms with van der Waals surface area (Å²) in [7, 11) is 0. The lowest BCUT2D eigenvalue weighted by molar-refractivity contribution is 1.35. The SMILES string of the molecule is C=Cc1c(C)ccc2c1C(=C)c1ccc(C)cc1N2. The number of anilines is 2. The zero-order valence-electron chi connectivity index (χ0n) is 11.4. The Hall–Kier alpha value is -2.28. The molecule has 1 heteroatoms. The van der Waals surface area contributed by atoms with Gasteiger partial charge in [-0.15, -0.1) is 0 Å². The van der Waals surface area contributed by atoms with Crippen LogP contribution in [0.3, 0.4) is 0 Å². The van der Waals surface area contributed by atoms with Gasteiger partial charge in [-0.2, -0.15) is 0 Å². The second kappa shape index (κ2) is 4.13. The smallest absolute Gasteiger partial charge is 0.0470 e. The standard InChI is InChI=1S/C18H17N/c1-5-14-12(3)7-9-16-18(14)13(4)15-8-6-11(2)10-17(15)19-16/h5-10,19H,1,4H2,2-3H3. The monoisotopic (exact) mass is 247 g/mol. The highest BCUT2D eigenvalue weighted by Gasteiger charge is 2.21. The molecule has 0 saturated carbocycles. The lowest BCUT2D eigenvalue weighted by atomic mass is 9.87. The molecule has 0 atom stereocenters. The van der Waals surface area contributed by atoms with E-state index in [-0.39, 0.29) is 0 Å². The molecule has 19 heavy (non-hydrogen) atoms. The maximum atomic E-state index is 4.29. The van der Waals surface area contributed by atoms with Crippen molar-refractivity contribution in [2.75, 3.05) is 5.32 Å². The predicted octanol–water partition coefficient (Wildman–Crippen LogP) is 5.06. The van der Waals surface area contributed by atoms with E-state index in [0.717, 1.165) is 16.9 Å². The maximum absolute atomic E-state index is 4.29. The van der Waals surface area contributed by atoms with Crippen LogP contribution in [0, 0.1) is 13.8 Å². The van der Waals surface area contributed by atoms with E-state index in [0.29, 0.717) is 0 Å². The van der Waals surface area contributed by atoms with Gasteiger partial charge in [0.2, 0.25) is 0 Å².